The third-order valence-electron chi connectivity index (χ3n) is 1.68. The first-order chi connectivity index (χ1) is 3.88. The summed E-state index contributed by atoms with van der Waals surface area (Å²) in [4.78, 5) is 0. The molecule has 0 aromatic rings. The summed E-state index contributed by atoms with van der Waals surface area (Å²) in [5, 5.41) is 0. The van der Waals surface area contributed by atoms with E-state index in [9.17, 15) is 0 Å². The normalized spacial score (nSPS) is 20.7. The van der Waals surface area contributed by atoms with Gasteiger partial charge in [0.1, 0.15) is 0 Å². The third kappa shape index (κ3) is 2.52. The fourth-order valence-electron chi connectivity index (χ4n) is 0.949. The Kier molecular flexibility index (Phi) is 4.19. The van der Waals surface area contributed by atoms with E-state index in [-0.39, 0.29) is 12.4 Å². The fourth-order valence-corrected chi connectivity index (χ4v) is 0.949. The molecule has 1 fully saturated rings. The maximum atomic E-state index is 5.40. The van der Waals surface area contributed by atoms with E-state index in [1.165, 1.54) is 12.8 Å². The lowest BCUT2D eigenvalue weighted by Gasteiger charge is -2.09. The van der Waals surface area contributed by atoms with Gasteiger partial charge < -0.3 is 10.5 Å². The second-order valence-corrected chi connectivity index (χ2v) is 2.35. The van der Waals surface area contributed by atoms with Crippen molar-refractivity contribution in [2.45, 2.75) is 18.9 Å². The minimum absolute atomic E-state index is 0. The van der Waals surface area contributed by atoms with Gasteiger partial charge in [-0.05, 0) is 18.8 Å². The molecule has 0 saturated heterocycles. The molecule has 1 saturated carbocycles. The maximum absolute atomic E-state index is 5.40. The Balaban J connectivity index is 0.000000640. The predicted molar refractivity (Wildman–Crippen MR) is 39.8 cm³/mol. The molecule has 1 atom stereocenters. The molecule has 56 valence electrons. The zero-order valence-electron chi connectivity index (χ0n) is 5.67. The van der Waals surface area contributed by atoms with Crippen LogP contribution in [-0.2, 0) is 4.74 Å². The monoisotopic (exact) mass is 151 g/mol. The van der Waals surface area contributed by atoms with E-state index in [1.54, 1.807) is 7.11 Å². The highest BCUT2D eigenvalue weighted by Gasteiger charge is 2.29. The summed E-state index contributed by atoms with van der Waals surface area (Å²) in [6.45, 7) is 0.682. The Morgan fingerprint density at radius 3 is 2.33 bits per heavy atom. The van der Waals surface area contributed by atoms with Gasteiger partial charge in [0.15, 0.2) is 0 Å². The van der Waals surface area contributed by atoms with Crippen LogP contribution in [0.2, 0.25) is 0 Å². The molecule has 2 N–H and O–H groups in total. The average molecular weight is 152 g/mol. The lowest BCUT2D eigenvalue weighted by Crippen LogP contribution is -2.24. The van der Waals surface area contributed by atoms with Crippen LogP contribution in [0.25, 0.3) is 0 Å². The van der Waals surface area contributed by atoms with Gasteiger partial charge in [-0.15, -0.1) is 12.4 Å². The second-order valence-electron chi connectivity index (χ2n) is 2.35. The van der Waals surface area contributed by atoms with E-state index in [4.69, 9.17) is 10.5 Å². The van der Waals surface area contributed by atoms with Crippen LogP contribution >= 0.6 is 12.4 Å². The Morgan fingerprint density at radius 1 is 1.67 bits per heavy atom. The van der Waals surface area contributed by atoms with Crippen molar-refractivity contribution in [3.05, 3.63) is 0 Å². The summed E-state index contributed by atoms with van der Waals surface area (Å²) in [6, 6.07) is 0. The number of hydrogen-bond acceptors (Lipinski definition) is 2. The van der Waals surface area contributed by atoms with Crippen molar-refractivity contribution in [3.63, 3.8) is 0 Å². The number of nitrogens with two attached hydrogens (primary N) is 1. The number of halogens is 1. The fraction of sp³-hybridized carbons (Fsp3) is 1.00. The quantitative estimate of drug-likeness (QED) is 0.648. The Bertz CT molecular complexity index is 71.5. The van der Waals surface area contributed by atoms with Crippen molar-refractivity contribution >= 4 is 12.4 Å². The molecule has 0 spiro atoms. The summed E-state index contributed by atoms with van der Waals surface area (Å²) in [5.41, 5.74) is 5.40. The summed E-state index contributed by atoms with van der Waals surface area (Å²) < 4.78 is 5.10. The molecule has 2 nitrogen and oxygen atoms in total. The first kappa shape index (κ1) is 9.21. The van der Waals surface area contributed by atoms with Crippen molar-refractivity contribution < 1.29 is 4.74 Å². The minimum Gasteiger partial charge on any atom is -0.380 e. The van der Waals surface area contributed by atoms with Crippen molar-refractivity contribution in [1.82, 2.24) is 0 Å². The largest absolute Gasteiger partial charge is 0.380 e. The lowest BCUT2D eigenvalue weighted by atomic mass is 10.2. The molecule has 0 unspecified atom stereocenters. The van der Waals surface area contributed by atoms with E-state index in [1.807, 2.05) is 0 Å². The van der Waals surface area contributed by atoms with Crippen LogP contribution in [0.15, 0.2) is 0 Å². The van der Waals surface area contributed by atoms with Gasteiger partial charge in [-0.3, -0.25) is 0 Å². The van der Waals surface area contributed by atoms with Crippen LogP contribution in [0.1, 0.15) is 12.8 Å². The Labute approximate surface area is 62.2 Å². The molecule has 0 aliphatic heterocycles. The molecule has 0 aromatic heterocycles. The smallest absolute Gasteiger partial charge is 0.0721 e. The third-order valence-corrected chi connectivity index (χ3v) is 1.68. The molecule has 0 heterocycles. The molecular formula is C6H14ClNO. The standard InChI is InChI=1S/C6H13NO.ClH/c1-8-6(4-7)5-2-3-5;/h5-6H,2-4,7H2,1H3;1H/t6-;/m0./s1. The molecule has 9 heavy (non-hydrogen) atoms. The summed E-state index contributed by atoms with van der Waals surface area (Å²) in [5.74, 6) is 0.782. The Hall–Kier alpha value is 0.210. The van der Waals surface area contributed by atoms with Crippen LogP contribution in [0.5, 0.6) is 0 Å². The molecule has 1 aliphatic carbocycles. The maximum Gasteiger partial charge on any atom is 0.0721 e. The van der Waals surface area contributed by atoms with Crippen molar-refractivity contribution in [2.24, 2.45) is 11.7 Å². The van der Waals surface area contributed by atoms with Crippen LogP contribution in [0.3, 0.4) is 0 Å². The zero-order chi connectivity index (χ0) is 5.98. The molecule has 1 aliphatic rings. The van der Waals surface area contributed by atoms with Gasteiger partial charge in [0.25, 0.3) is 0 Å². The lowest BCUT2D eigenvalue weighted by molar-refractivity contribution is 0.0915. The van der Waals surface area contributed by atoms with Crippen LogP contribution in [0.4, 0.5) is 0 Å². The van der Waals surface area contributed by atoms with Crippen LogP contribution in [0, 0.1) is 5.92 Å². The SMILES string of the molecule is CO[C@@H](CN)C1CC1.Cl. The number of methoxy groups -OCH3 is 1. The van der Waals surface area contributed by atoms with Crippen molar-refractivity contribution in [2.75, 3.05) is 13.7 Å². The summed E-state index contributed by atoms with van der Waals surface area (Å²) in [6.07, 6.45) is 2.97. The molecule has 0 bridgehead atoms. The van der Waals surface area contributed by atoms with Crippen LogP contribution < -0.4 is 5.73 Å². The molecule has 1 rings (SSSR count). The predicted octanol–water partition coefficient (Wildman–Crippen LogP) is 0.792. The van der Waals surface area contributed by atoms with E-state index in [0.717, 1.165) is 5.92 Å². The Morgan fingerprint density at radius 2 is 2.22 bits per heavy atom. The molecule has 0 aromatic carbocycles. The van der Waals surface area contributed by atoms with Gasteiger partial charge in [-0.1, -0.05) is 0 Å². The van der Waals surface area contributed by atoms with Gasteiger partial charge in [0, 0.05) is 13.7 Å². The average Bonchev–Trinajstić information content (AvgIpc) is 2.53. The summed E-state index contributed by atoms with van der Waals surface area (Å²) in [7, 11) is 1.73. The van der Waals surface area contributed by atoms with Gasteiger partial charge in [-0.2, -0.15) is 0 Å². The summed E-state index contributed by atoms with van der Waals surface area (Å²) >= 11 is 0. The molecule has 3 heteroatoms. The highest BCUT2D eigenvalue weighted by Crippen LogP contribution is 2.33. The second kappa shape index (κ2) is 4.09. The van der Waals surface area contributed by atoms with E-state index < -0.39 is 0 Å². The number of hydrogen-bond donors (Lipinski definition) is 1. The van der Waals surface area contributed by atoms with E-state index in [0.29, 0.717) is 12.6 Å². The minimum atomic E-state index is 0. The zero-order valence-corrected chi connectivity index (χ0v) is 6.49. The van der Waals surface area contributed by atoms with Gasteiger partial charge >= 0.3 is 0 Å². The highest BCUT2D eigenvalue weighted by atomic mass is 35.5. The van der Waals surface area contributed by atoms with Crippen LogP contribution in [-0.4, -0.2) is 19.8 Å². The van der Waals surface area contributed by atoms with Gasteiger partial charge in [0.05, 0.1) is 6.10 Å². The topological polar surface area (TPSA) is 35.2 Å². The van der Waals surface area contributed by atoms with Gasteiger partial charge in [0.2, 0.25) is 0 Å². The number of ether oxygens (including phenoxy) is 1. The first-order valence-corrected chi connectivity index (χ1v) is 3.11. The molecule has 0 amide bonds. The van der Waals surface area contributed by atoms with E-state index in [2.05, 4.69) is 0 Å². The van der Waals surface area contributed by atoms with Gasteiger partial charge in [-0.25, -0.2) is 0 Å². The first-order valence-electron chi connectivity index (χ1n) is 3.11. The molecule has 0 radical (unpaired) electrons. The van der Waals surface area contributed by atoms with Crippen molar-refractivity contribution in [3.8, 4) is 0 Å². The molecular weight excluding hydrogens is 138 g/mol. The van der Waals surface area contributed by atoms with E-state index >= 15 is 0 Å². The number of rotatable bonds is 3. The highest BCUT2D eigenvalue weighted by molar-refractivity contribution is 5.85. The van der Waals surface area contributed by atoms with Crippen molar-refractivity contribution in [1.29, 1.82) is 0 Å².